The molecule has 2 aliphatic heterocycles. The van der Waals surface area contributed by atoms with Crippen LogP contribution in [0, 0.1) is 0 Å². The predicted octanol–water partition coefficient (Wildman–Crippen LogP) is 6.67. The summed E-state index contributed by atoms with van der Waals surface area (Å²) in [6.45, 7) is 5.56. The molecule has 2 heterocycles. The Labute approximate surface area is 336 Å². The van der Waals surface area contributed by atoms with Gasteiger partial charge in [-0.25, -0.2) is 0 Å². The molecule has 10 atom stereocenters. The minimum atomic E-state index is -1.59. The molecule has 306 valence electrons. The van der Waals surface area contributed by atoms with E-state index < -0.39 is 60.9 Å². The second-order valence-electron chi connectivity index (χ2n) is 14.0. The third-order valence-corrected chi connectivity index (χ3v) is 10.4. The van der Waals surface area contributed by atoms with Crippen molar-refractivity contribution in [2.75, 3.05) is 41.7 Å². The fraction of sp³-hybridized carbons (Fsp3) is 0.435. The van der Waals surface area contributed by atoms with Crippen molar-refractivity contribution >= 4 is 0 Å². The molecule has 6 rings (SSSR count). The van der Waals surface area contributed by atoms with Gasteiger partial charge in [0, 0.05) is 28.4 Å². The Morgan fingerprint density at radius 1 is 0.509 bits per heavy atom. The molecule has 0 saturated carbocycles. The van der Waals surface area contributed by atoms with Crippen LogP contribution in [-0.2, 0) is 78.5 Å². The maximum atomic E-state index is 7.08. The van der Waals surface area contributed by atoms with Crippen molar-refractivity contribution in [2.45, 2.75) is 87.3 Å². The monoisotopic (exact) mass is 784 g/mol. The second kappa shape index (κ2) is 21.8. The van der Waals surface area contributed by atoms with Crippen molar-refractivity contribution in [1.82, 2.24) is 0 Å². The van der Waals surface area contributed by atoms with Gasteiger partial charge in [-0.1, -0.05) is 128 Å². The molecule has 2 aliphatic rings. The third kappa shape index (κ3) is 11.0. The Kier molecular flexibility index (Phi) is 16.4. The first-order chi connectivity index (χ1) is 28.0. The van der Waals surface area contributed by atoms with Crippen LogP contribution >= 0.6 is 0 Å². The van der Waals surface area contributed by atoms with E-state index >= 15 is 0 Å². The van der Waals surface area contributed by atoms with E-state index in [0.29, 0.717) is 13.2 Å². The van der Waals surface area contributed by atoms with E-state index in [1.807, 2.05) is 121 Å². The number of hydrogen-bond donors (Lipinski definition) is 0. The Bertz CT molecular complexity index is 1720. The molecule has 0 bridgehead atoms. The van der Waals surface area contributed by atoms with Gasteiger partial charge in [-0.15, -0.1) is 0 Å². The zero-order valence-electron chi connectivity index (χ0n) is 33.3. The van der Waals surface area contributed by atoms with E-state index in [0.717, 1.165) is 22.3 Å². The van der Waals surface area contributed by atoms with Gasteiger partial charge in [0.25, 0.3) is 0 Å². The molecule has 11 heteroatoms. The SMILES string of the molecule is C=C[C@]1(OCC2O[C@H](OC)C(OC)[C@@H](OC)[C@@H]2OC)OC(COCc2ccccc2)[C@H](OCc2ccccc2)[C@@H](OCc2ccccc2)C1OCc1ccccc1. The lowest BCUT2D eigenvalue weighted by molar-refractivity contribution is -0.375. The largest absolute Gasteiger partial charge is 0.376 e. The zero-order valence-corrected chi connectivity index (χ0v) is 33.3. The number of methoxy groups -OCH3 is 4. The smallest absolute Gasteiger partial charge is 0.217 e. The Hall–Kier alpha value is -3.82. The van der Waals surface area contributed by atoms with E-state index in [4.69, 9.17) is 52.1 Å². The van der Waals surface area contributed by atoms with E-state index in [2.05, 4.69) is 6.58 Å². The molecule has 4 aromatic rings. The highest BCUT2D eigenvalue weighted by atomic mass is 16.8. The molecule has 0 radical (unpaired) electrons. The summed E-state index contributed by atoms with van der Waals surface area (Å²) in [6, 6.07) is 39.9. The summed E-state index contributed by atoms with van der Waals surface area (Å²) in [5.74, 6) is -1.59. The van der Waals surface area contributed by atoms with Gasteiger partial charge >= 0.3 is 0 Å². The minimum absolute atomic E-state index is 0.0234. The number of benzene rings is 4. The van der Waals surface area contributed by atoms with Gasteiger partial charge in [-0.05, 0) is 28.3 Å². The second-order valence-corrected chi connectivity index (χ2v) is 14.0. The van der Waals surface area contributed by atoms with Crippen LogP contribution in [0.25, 0.3) is 0 Å². The van der Waals surface area contributed by atoms with Crippen LogP contribution in [0.5, 0.6) is 0 Å². The van der Waals surface area contributed by atoms with Crippen LogP contribution in [0.3, 0.4) is 0 Å². The third-order valence-electron chi connectivity index (χ3n) is 10.4. The van der Waals surface area contributed by atoms with Crippen LogP contribution in [0.1, 0.15) is 22.3 Å². The standard InChI is InChI=1S/C46H56O11/c1-6-46(55-32-37-39(47-2)41(48-3)43(49-4)45(50-5)56-37)44(54-30-36-25-17-10-18-26-36)42(53-29-35-23-15-9-16-24-35)40(52-28-34-21-13-8-14-22-34)38(57-46)31-51-27-33-19-11-7-12-20-33/h6-26,37-45H,1,27-32H2,2-5H3/t37?,38?,39-,40+,41+,42-,43?,44?,45+,46+/m1/s1. The summed E-state index contributed by atoms with van der Waals surface area (Å²) in [5, 5.41) is 0. The van der Waals surface area contributed by atoms with E-state index in [1.54, 1.807) is 34.5 Å². The molecular weight excluding hydrogens is 728 g/mol. The van der Waals surface area contributed by atoms with Crippen LogP contribution in [0.15, 0.2) is 134 Å². The normalized spacial score (nSPS) is 28.9. The predicted molar refractivity (Wildman–Crippen MR) is 213 cm³/mol. The van der Waals surface area contributed by atoms with Gasteiger partial charge in [0.15, 0.2) is 6.29 Å². The summed E-state index contributed by atoms with van der Waals surface area (Å²) < 4.78 is 70.7. The summed E-state index contributed by atoms with van der Waals surface area (Å²) >= 11 is 0. The number of rotatable bonds is 21. The fourth-order valence-electron chi connectivity index (χ4n) is 7.42. The average Bonchev–Trinajstić information content (AvgIpc) is 3.27. The van der Waals surface area contributed by atoms with Gasteiger partial charge in [-0.2, -0.15) is 0 Å². The van der Waals surface area contributed by atoms with Gasteiger partial charge in [0.2, 0.25) is 5.79 Å². The topological polar surface area (TPSA) is 102 Å². The maximum absolute atomic E-state index is 7.08. The molecule has 11 nitrogen and oxygen atoms in total. The van der Waals surface area contributed by atoms with Crippen LogP contribution < -0.4 is 0 Å². The van der Waals surface area contributed by atoms with Crippen molar-refractivity contribution in [2.24, 2.45) is 0 Å². The van der Waals surface area contributed by atoms with Gasteiger partial charge in [0.1, 0.15) is 48.8 Å². The molecule has 0 aliphatic carbocycles. The van der Waals surface area contributed by atoms with Crippen molar-refractivity contribution in [3.63, 3.8) is 0 Å². The first kappa shape index (κ1) is 42.8. The van der Waals surface area contributed by atoms with E-state index in [9.17, 15) is 0 Å². The summed E-state index contributed by atoms with van der Waals surface area (Å²) in [7, 11) is 6.34. The molecule has 2 fully saturated rings. The Morgan fingerprint density at radius 2 is 0.982 bits per heavy atom. The van der Waals surface area contributed by atoms with Crippen molar-refractivity contribution < 1.29 is 52.1 Å². The lowest BCUT2D eigenvalue weighted by Crippen LogP contribution is -2.68. The van der Waals surface area contributed by atoms with Gasteiger partial charge < -0.3 is 52.1 Å². The number of ether oxygens (including phenoxy) is 11. The quantitative estimate of drug-likeness (QED) is 0.0847. The first-order valence-electron chi connectivity index (χ1n) is 19.3. The molecule has 57 heavy (non-hydrogen) atoms. The highest BCUT2D eigenvalue weighted by molar-refractivity contribution is 5.18. The average molecular weight is 785 g/mol. The van der Waals surface area contributed by atoms with Gasteiger partial charge in [0.05, 0.1) is 39.6 Å². The highest BCUT2D eigenvalue weighted by Gasteiger charge is 2.58. The zero-order chi connectivity index (χ0) is 39.9. The Balaban J connectivity index is 1.37. The Morgan fingerprint density at radius 3 is 1.46 bits per heavy atom. The van der Waals surface area contributed by atoms with Crippen LogP contribution in [0.2, 0.25) is 0 Å². The molecule has 4 aromatic carbocycles. The van der Waals surface area contributed by atoms with Crippen molar-refractivity contribution in [3.05, 3.63) is 156 Å². The molecular formula is C46H56O11. The van der Waals surface area contributed by atoms with Crippen LogP contribution in [0.4, 0.5) is 0 Å². The first-order valence-corrected chi connectivity index (χ1v) is 19.3. The molecule has 0 amide bonds. The van der Waals surface area contributed by atoms with E-state index in [-0.39, 0.29) is 26.4 Å². The summed E-state index contributed by atoms with van der Waals surface area (Å²) in [6.07, 6.45) is -4.46. The molecule has 2 saturated heterocycles. The lowest BCUT2D eigenvalue weighted by atomic mass is 9.91. The van der Waals surface area contributed by atoms with Crippen LogP contribution in [-0.4, -0.2) is 103 Å². The minimum Gasteiger partial charge on any atom is -0.376 e. The molecule has 4 unspecified atom stereocenters. The highest BCUT2D eigenvalue weighted by Crippen LogP contribution is 2.40. The molecule has 0 aromatic heterocycles. The number of hydrogen-bond acceptors (Lipinski definition) is 11. The molecule has 0 spiro atoms. The summed E-state index contributed by atoms with van der Waals surface area (Å²) in [5.41, 5.74) is 3.96. The van der Waals surface area contributed by atoms with Gasteiger partial charge in [-0.3, -0.25) is 0 Å². The maximum Gasteiger partial charge on any atom is 0.217 e. The molecule has 0 N–H and O–H groups in total. The fourth-order valence-corrected chi connectivity index (χ4v) is 7.42. The van der Waals surface area contributed by atoms with E-state index in [1.165, 1.54) is 0 Å². The van der Waals surface area contributed by atoms with Crippen molar-refractivity contribution in [3.8, 4) is 0 Å². The lowest BCUT2D eigenvalue weighted by Gasteiger charge is -2.52. The summed E-state index contributed by atoms with van der Waals surface area (Å²) in [4.78, 5) is 0. The van der Waals surface area contributed by atoms with Crippen molar-refractivity contribution in [1.29, 1.82) is 0 Å².